The number of allylic oxidation sites excluding steroid dienone is 5. The van der Waals surface area contributed by atoms with E-state index < -0.39 is 0 Å². The fourth-order valence-electron chi connectivity index (χ4n) is 5.69. The molecule has 0 saturated carbocycles. The molecule has 1 aromatic heterocycles. The first-order valence-electron chi connectivity index (χ1n) is 17.5. The Labute approximate surface area is 296 Å². The van der Waals surface area contributed by atoms with Gasteiger partial charge in [-0.05, 0) is 70.7 Å². The molecule has 2 unspecified atom stereocenters. The number of hydrogen-bond acceptors (Lipinski definition) is 5. The van der Waals surface area contributed by atoms with E-state index in [2.05, 4.69) is 140 Å². The SMILES string of the molecule is C#CC.C/C=C\C(=C/C)CCNc1nc(CN2CCN(C(C(/C=C\C(C)Cl)=C/CC)c3ccc(C)cc3)CC2)nc2ccccc12.CC. The molecule has 0 aliphatic carbocycles. The molecule has 3 aromatic rings. The predicted octanol–water partition coefficient (Wildman–Crippen LogP) is 10.3. The number of nitrogens with one attached hydrogen (secondary N) is 1. The largest absolute Gasteiger partial charge is 0.369 e. The van der Waals surface area contributed by atoms with Crippen molar-refractivity contribution < 1.29 is 0 Å². The summed E-state index contributed by atoms with van der Waals surface area (Å²) in [7, 11) is 0. The number of aryl methyl sites for hydroxylation is 1. The maximum Gasteiger partial charge on any atom is 0.145 e. The van der Waals surface area contributed by atoms with E-state index in [0.29, 0.717) is 0 Å². The zero-order valence-corrected chi connectivity index (χ0v) is 31.4. The Morgan fingerprint density at radius 3 is 2.29 bits per heavy atom. The number of halogens is 1. The van der Waals surface area contributed by atoms with Crippen LogP contribution < -0.4 is 5.32 Å². The molecule has 2 heterocycles. The third kappa shape index (κ3) is 13.1. The summed E-state index contributed by atoms with van der Waals surface area (Å²) < 4.78 is 0. The topological polar surface area (TPSA) is 44.3 Å². The van der Waals surface area contributed by atoms with E-state index in [1.54, 1.807) is 6.92 Å². The van der Waals surface area contributed by atoms with Gasteiger partial charge in [-0.2, -0.15) is 0 Å². The van der Waals surface area contributed by atoms with E-state index in [1.807, 2.05) is 20.8 Å². The molecular formula is C42H58ClN5. The number of anilines is 1. The van der Waals surface area contributed by atoms with Crippen molar-refractivity contribution in [2.45, 2.75) is 86.2 Å². The Morgan fingerprint density at radius 1 is 1.02 bits per heavy atom. The number of fused-ring (bicyclic) bond motifs is 1. The van der Waals surface area contributed by atoms with Crippen molar-refractivity contribution >= 4 is 28.3 Å². The molecule has 1 fully saturated rings. The molecule has 1 N–H and O–H groups in total. The highest BCUT2D eigenvalue weighted by molar-refractivity contribution is 6.21. The zero-order chi connectivity index (χ0) is 35.3. The molecule has 0 radical (unpaired) electrons. The summed E-state index contributed by atoms with van der Waals surface area (Å²) in [6.07, 6.45) is 19.6. The van der Waals surface area contributed by atoms with Crippen LogP contribution in [0.25, 0.3) is 10.9 Å². The quantitative estimate of drug-likeness (QED) is 0.112. The van der Waals surface area contributed by atoms with Crippen LogP contribution in [0.4, 0.5) is 5.82 Å². The van der Waals surface area contributed by atoms with Gasteiger partial charge in [0.2, 0.25) is 0 Å². The van der Waals surface area contributed by atoms with Crippen molar-refractivity contribution in [1.82, 2.24) is 19.8 Å². The fourth-order valence-corrected chi connectivity index (χ4v) is 5.76. The predicted molar refractivity (Wildman–Crippen MR) is 211 cm³/mol. The number of hydrogen-bond donors (Lipinski definition) is 1. The highest BCUT2D eigenvalue weighted by Crippen LogP contribution is 2.32. The smallest absolute Gasteiger partial charge is 0.145 e. The minimum absolute atomic E-state index is 0.00422. The molecule has 48 heavy (non-hydrogen) atoms. The molecule has 2 atom stereocenters. The molecule has 4 rings (SSSR count). The average Bonchev–Trinajstić information content (AvgIpc) is 3.09. The molecule has 0 spiro atoms. The lowest BCUT2D eigenvalue weighted by Gasteiger charge is -2.40. The van der Waals surface area contributed by atoms with Crippen LogP contribution in [0.1, 0.15) is 84.3 Å². The molecule has 1 saturated heterocycles. The molecule has 0 bridgehead atoms. The Hall–Kier alpha value is -3.69. The summed E-state index contributed by atoms with van der Waals surface area (Å²) in [5, 5.41) is 4.67. The van der Waals surface area contributed by atoms with Crippen LogP contribution in [0.3, 0.4) is 0 Å². The van der Waals surface area contributed by atoms with Gasteiger partial charge in [-0.3, -0.25) is 9.80 Å². The van der Waals surface area contributed by atoms with Crippen LogP contribution >= 0.6 is 11.6 Å². The lowest BCUT2D eigenvalue weighted by atomic mass is 9.94. The number of terminal acetylenes is 1. The number of nitrogens with zero attached hydrogens (tertiary/aromatic N) is 4. The van der Waals surface area contributed by atoms with Crippen molar-refractivity contribution in [3.8, 4) is 12.3 Å². The molecule has 1 aliphatic rings. The van der Waals surface area contributed by atoms with Crippen molar-refractivity contribution in [2.24, 2.45) is 0 Å². The third-order valence-corrected chi connectivity index (χ3v) is 8.09. The molecular weight excluding hydrogens is 610 g/mol. The van der Waals surface area contributed by atoms with Crippen molar-refractivity contribution in [1.29, 1.82) is 0 Å². The first-order valence-corrected chi connectivity index (χ1v) is 18.0. The van der Waals surface area contributed by atoms with E-state index in [9.17, 15) is 0 Å². The van der Waals surface area contributed by atoms with E-state index in [1.165, 1.54) is 22.3 Å². The van der Waals surface area contributed by atoms with Gasteiger partial charge in [0, 0.05) is 43.5 Å². The van der Waals surface area contributed by atoms with Crippen molar-refractivity contribution in [3.05, 3.63) is 113 Å². The summed E-state index contributed by atoms with van der Waals surface area (Å²) in [6, 6.07) is 17.5. The summed E-state index contributed by atoms with van der Waals surface area (Å²) in [5.74, 6) is 4.04. The molecule has 258 valence electrons. The molecule has 1 aliphatic heterocycles. The monoisotopic (exact) mass is 667 g/mol. The highest BCUT2D eigenvalue weighted by atomic mass is 35.5. The maximum absolute atomic E-state index is 6.33. The first kappa shape index (κ1) is 40.5. The second kappa shape index (κ2) is 22.8. The van der Waals surface area contributed by atoms with E-state index >= 15 is 0 Å². The maximum atomic E-state index is 6.33. The Morgan fingerprint density at radius 2 is 1.69 bits per heavy atom. The number of para-hydroxylation sites is 1. The van der Waals surface area contributed by atoms with Crippen LogP contribution in [0.2, 0.25) is 0 Å². The van der Waals surface area contributed by atoms with Gasteiger partial charge in [-0.25, -0.2) is 9.97 Å². The number of alkyl halides is 1. The molecule has 2 aromatic carbocycles. The normalized spacial score (nSPS) is 15.8. The van der Waals surface area contributed by atoms with Crippen molar-refractivity contribution in [2.75, 3.05) is 38.0 Å². The van der Waals surface area contributed by atoms with E-state index in [4.69, 9.17) is 21.6 Å². The second-order valence-corrected chi connectivity index (χ2v) is 12.3. The van der Waals surface area contributed by atoms with Crippen LogP contribution in [0.5, 0.6) is 0 Å². The lowest BCUT2D eigenvalue weighted by Crippen LogP contribution is -2.47. The highest BCUT2D eigenvalue weighted by Gasteiger charge is 2.27. The van der Waals surface area contributed by atoms with Gasteiger partial charge in [-0.15, -0.1) is 23.9 Å². The van der Waals surface area contributed by atoms with Gasteiger partial charge in [0.25, 0.3) is 0 Å². The number of aromatic nitrogens is 2. The van der Waals surface area contributed by atoms with Crippen LogP contribution in [-0.2, 0) is 6.54 Å². The van der Waals surface area contributed by atoms with Crippen molar-refractivity contribution in [3.63, 3.8) is 0 Å². The third-order valence-electron chi connectivity index (χ3n) is 7.95. The van der Waals surface area contributed by atoms with Gasteiger partial charge in [-0.1, -0.05) is 105 Å². The Bertz CT molecular complexity index is 1520. The van der Waals surface area contributed by atoms with Gasteiger partial charge in [0.05, 0.1) is 18.1 Å². The first-order chi connectivity index (χ1) is 23.3. The molecule has 5 nitrogen and oxygen atoms in total. The fraction of sp³-hybridized carbons (Fsp3) is 0.429. The minimum Gasteiger partial charge on any atom is -0.369 e. The number of piperazine rings is 1. The van der Waals surface area contributed by atoms with Crippen LogP contribution in [-0.4, -0.2) is 57.9 Å². The van der Waals surface area contributed by atoms with Gasteiger partial charge in [0.1, 0.15) is 11.6 Å². The number of rotatable bonds is 13. The number of benzene rings is 2. The zero-order valence-electron chi connectivity index (χ0n) is 30.6. The standard InChI is InChI=1S/C37H48ClN5.C3H4.C2H6/c1-6-11-30(8-3)21-22-39-37-33-13-9-10-14-34(33)40-35(41-37)27-42-23-25-43(26-24-42)36(32-18-15-28(4)16-19-32)31(12-7-2)20-17-29(5)38;1-3-2;1-2/h6,8-20,29,36H,7,21-27H2,1-5H3,(H,39,40,41);1H,2H3;1-2H3/b11-6-,20-17-,30-8+,31-12+;;. The molecule has 6 heteroatoms. The summed E-state index contributed by atoms with van der Waals surface area (Å²) in [4.78, 5) is 15.1. The summed E-state index contributed by atoms with van der Waals surface area (Å²) >= 11 is 6.33. The summed E-state index contributed by atoms with van der Waals surface area (Å²) in [6.45, 7) is 21.6. The second-order valence-electron chi connectivity index (χ2n) is 11.6. The minimum atomic E-state index is -0.00422. The average molecular weight is 668 g/mol. The Kier molecular flexibility index (Phi) is 19.2. The van der Waals surface area contributed by atoms with Gasteiger partial charge >= 0.3 is 0 Å². The van der Waals surface area contributed by atoms with Crippen LogP contribution in [0.15, 0.2) is 96.1 Å². The Balaban J connectivity index is 0.00000151. The lowest BCUT2D eigenvalue weighted by molar-refractivity contribution is 0.103. The van der Waals surface area contributed by atoms with E-state index in [0.717, 1.165) is 74.7 Å². The van der Waals surface area contributed by atoms with Gasteiger partial charge in [0.15, 0.2) is 0 Å². The van der Waals surface area contributed by atoms with Crippen LogP contribution in [0, 0.1) is 19.3 Å². The molecule has 0 amide bonds. The van der Waals surface area contributed by atoms with Gasteiger partial charge < -0.3 is 5.32 Å². The van der Waals surface area contributed by atoms with E-state index in [-0.39, 0.29) is 11.4 Å². The summed E-state index contributed by atoms with van der Waals surface area (Å²) in [5.41, 5.74) is 6.23.